The number of halogens is 2. The second kappa shape index (κ2) is 16.1. The zero-order valence-electron chi connectivity index (χ0n) is 27.4. The standard InChI is InChI=1S/C21H25.C13H10.C7H9.2ClH.Ti/c1-20(2,3)16-9-7-14-11-15-8-10-17(21(4,5)6)13-19(15)18(14)12-16;1-3-7-12(8-4-1)11-13-9-5-2-6-10-13;1-6-3-4-7(2)5-6;;;/h7,9-10,12-13H,11H2,1-6H3;1-10H;3-5H,1-2H3;2*1H;/q-1;;-1;;;+2/p-2. The van der Waals surface area contributed by atoms with Crippen molar-refractivity contribution in [3.63, 3.8) is 0 Å². The first kappa shape index (κ1) is 37.6. The quantitative estimate of drug-likeness (QED) is 0.191. The summed E-state index contributed by atoms with van der Waals surface area (Å²) in [5.74, 6) is 0. The fourth-order valence-electron chi connectivity index (χ4n) is 5.08. The summed E-state index contributed by atoms with van der Waals surface area (Å²) in [4.78, 5) is 0. The molecule has 0 spiro atoms. The number of aryl methyl sites for hydroxylation is 2. The van der Waals surface area contributed by atoms with Crippen LogP contribution < -0.4 is 24.8 Å². The van der Waals surface area contributed by atoms with E-state index in [2.05, 4.69) is 178 Å². The molecule has 0 fully saturated rings. The van der Waals surface area contributed by atoms with Gasteiger partial charge in [-0.05, 0) is 17.4 Å². The van der Waals surface area contributed by atoms with Crippen molar-refractivity contribution in [2.24, 2.45) is 0 Å². The van der Waals surface area contributed by atoms with Crippen molar-refractivity contribution < 1.29 is 44.8 Å². The topological polar surface area (TPSA) is 0 Å². The van der Waals surface area contributed by atoms with Gasteiger partial charge in [-0.25, -0.2) is 11.6 Å². The van der Waals surface area contributed by atoms with Crippen molar-refractivity contribution in [2.75, 3.05) is 0 Å². The summed E-state index contributed by atoms with van der Waals surface area (Å²) in [5, 5.41) is 0. The second-order valence-corrected chi connectivity index (χ2v) is 14.2. The molecule has 0 nitrogen and oxygen atoms in total. The first-order valence-corrected chi connectivity index (χ1v) is 15.7. The van der Waals surface area contributed by atoms with E-state index in [1.54, 1.807) is 0 Å². The van der Waals surface area contributed by atoms with E-state index in [-0.39, 0.29) is 35.6 Å². The van der Waals surface area contributed by atoms with Gasteiger partial charge in [0.25, 0.3) is 0 Å². The van der Waals surface area contributed by atoms with E-state index < -0.39 is 0 Å². The van der Waals surface area contributed by atoms with Crippen LogP contribution in [0.2, 0.25) is 0 Å². The Balaban J connectivity index is 0.000000253. The summed E-state index contributed by atoms with van der Waals surface area (Å²) >= 11 is 2.16. The van der Waals surface area contributed by atoms with E-state index in [1.165, 1.54) is 59.4 Å². The van der Waals surface area contributed by atoms with Crippen molar-refractivity contribution in [1.82, 2.24) is 0 Å². The van der Waals surface area contributed by atoms with Gasteiger partial charge < -0.3 is 24.8 Å². The van der Waals surface area contributed by atoms with Crippen LogP contribution in [-0.2, 0) is 37.2 Å². The Morgan fingerprint density at radius 2 is 1.20 bits per heavy atom. The average molecular weight is 656 g/mol. The van der Waals surface area contributed by atoms with E-state index in [0.29, 0.717) is 0 Å². The molecule has 0 heterocycles. The van der Waals surface area contributed by atoms with Gasteiger partial charge in [-0.3, -0.25) is 0 Å². The molecule has 0 atom stereocenters. The van der Waals surface area contributed by atoms with Gasteiger partial charge in [0.15, 0.2) is 0 Å². The van der Waals surface area contributed by atoms with E-state index in [9.17, 15) is 0 Å². The molecule has 3 heteroatoms. The third kappa shape index (κ3) is 9.95. The molecule has 1 aliphatic carbocycles. The number of benzene rings is 4. The van der Waals surface area contributed by atoms with Crippen molar-refractivity contribution >= 4 is 3.81 Å². The fourth-order valence-corrected chi connectivity index (χ4v) is 5.60. The molecule has 5 aromatic carbocycles. The number of fused-ring (bicyclic) bond motifs is 3. The van der Waals surface area contributed by atoms with Crippen LogP contribution >= 0.6 is 0 Å². The van der Waals surface area contributed by atoms with Crippen LogP contribution in [0, 0.1) is 19.9 Å². The first-order chi connectivity index (χ1) is 19.8. The number of hydrogen-bond donors (Lipinski definition) is 0. The summed E-state index contributed by atoms with van der Waals surface area (Å²) < 4.78 is 1.33. The molecule has 0 saturated heterocycles. The van der Waals surface area contributed by atoms with E-state index in [0.717, 1.165) is 6.42 Å². The van der Waals surface area contributed by atoms with E-state index in [4.69, 9.17) is 0 Å². The minimum absolute atomic E-state index is 0. The SMILES string of the molecule is CC(C)(C)c1c[c-]c2c(c1)-c1cc(C(C)(C)C)ccc1C2.Cc1c[cH-]c(C)c1.[Cl-].[Cl-].[Ti+2]=[C](c1ccccc1)c1ccccc1. The fraction of sp³-hybridized carbons (Fsp3) is 0.268. The van der Waals surface area contributed by atoms with Crippen molar-refractivity contribution in [3.05, 3.63) is 160 Å². The van der Waals surface area contributed by atoms with Gasteiger partial charge in [0, 0.05) is 0 Å². The Bertz CT molecular complexity index is 1510. The number of rotatable bonds is 2. The van der Waals surface area contributed by atoms with Crippen LogP contribution in [0.3, 0.4) is 0 Å². The van der Waals surface area contributed by atoms with Gasteiger partial charge in [0.2, 0.25) is 0 Å². The van der Waals surface area contributed by atoms with Gasteiger partial charge in [0.05, 0.1) is 0 Å². The van der Waals surface area contributed by atoms with Crippen molar-refractivity contribution in [2.45, 2.75) is 72.6 Å². The van der Waals surface area contributed by atoms with Crippen LogP contribution in [0.1, 0.15) is 86.1 Å². The van der Waals surface area contributed by atoms with Crippen LogP contribution in [0.15, 0.2) is 109 Å². The summed E-state index contributed by atoms with van der Waals surface area (Å²) in [6, 6.07) is 42.4. The van der Waals surface area contributed by atoms with Crippen LogP contribution in [0.25, 0.3) is 11.1 Å². The van der Waals surface area contributed by atoms with Crippen molar-refractivity contribution in [1.29, 1.82) is 0 Å². The Hall–Kier alpha value is -2.61. The Kier molecular flexibility index (Phi) is 13.8. The molecule has 44 heavy (non-hydrogen) atoms. The molecule has 0 N–H and O–H groups in total. The molecule has 0 aliphatic heterocycles. The zero-order chi connectivity index (χ0) is 30.5. The normalized spacial score (nSPS) is 11.3. The maximum absolute atomic E-state index is 3.53. The molecule has 0 unspecified atom stereocenters. The van der Waals surface area contributed by atoms with Crippen molar-refractivity contribution in [3.8, 4) is 11.1 Å². The predicted octanol–water partition coefficient (Wildman–Crippen LogP) is 4.49. The Labute approximate surface area is 290 Å². The molecule has 0 saturated carbocycles. The monoisotopic (exact) mass is 654 g/mol. The second-order valence-electron chi connectivity index (χ2n) is 13.4. The molecule has 0 bridgehead atoms. The van der Waals surface area contributed by atoms with Gasteiger partial charge in [-0.1, -0.05) is 90.1 Å². The average Bonchev–Trinajstić information content (AvgIpc) is 3.54. The summed E-state index contributed by atoms with van der Waals surface area (Å²) in [6.07, 6.45) is 1.03. The maximum atomic E-state index is 3.53. The third-order valence-electron chi connectivity index (χ3n) is 7.72. The summed E-state index contributed by atoms with van der Waals surface area (Å²) in [7, 11) is 0. The minimum atomic E-state index is 0. The molecule has 228 valence electrons. The molecule has 6 rings (SSSR count). The molecule has 5 aromatic rings. The molecule has 1 aliphatic rings. The van der Waals surface area contributed by atoms with Gasteiger partial charge in [-0.15, -0.1) is 5.56 Å². The zero-order valence-corrected chi connectivity index (χ0v) is 30.4. The molecular weight excluding hydrogens is 611 g/mol. The molecule has 0 aromatic heterocycles. The van der Waals surface area contributed by atoms with Crippen LogP contribution in [0.5, 0.6) is 0 Å². The molecular formula is C41H44Cl2Ti-2. The molecule has 0 radical (unpaired) electrons. The Morgan fingerprint density at radius 3 is 1.64 bits per heavy atom. The van der Waals surface area contributed by atoms with Crippen LogP contribution in [0.4, 0.5) is 0 Å². The van der Waals surface area contributed by atoms with E-state index in [1.807, 2.05) is 12.1 Å². The first-order valence-electron chi connectivity index (χ1n) is 14.9. The van der Waals surface area contributed by atoms with Gasteiger partial charge >= 0.3 is 95.6 Å². The van der Waals surface area contributed by atoms with Gasteiger partial charge in [0.1, 0.15) is 0 Å². The number of hydrogen-bond acceptors (Lipinski definition) is 0. The van der Waals surface area contributed by atoms with Crippen LogP contribution in [-0.4, -0.2) is 3.81 Å². The Morgan fingerprint density at radius 1 is 0.682 bits per heavy atom. The third-order valence-corrected chi connectivity index (χ3v) is 8.62. The molecule has 0 amide bonds. The summed E-state index contributed by atoms with van der Waals surface area (Å²) in [6.45, 7) is 17.9. The van der Waals surface area contributed by atoms with Gasteiger partial charge in [-0.2, -0.15) is 47.0 Å². The van der Waals surface area contributed by atoms with E-state index >= 15 is 0 Å². The predicted molar refractivity (Wildman–Crippen MR) is 179 cm³/mol. The summed E-state index contributed by atoms with van der Waals surface area (Å²) in [5.41, 5.74) is 14.1.